The van der Waals surface area contributed by atoms with Gasteiger partial charge in [-0.05, 0) is 48.5 Å². The number of alkyl halides is 3. The molecule has 0 aliphatic carbocycles. The van der Waals surface area contributed by atoms with Gasteiger partial charge in [-0.15, -0.1) is 0 Å². The van der Waals surface area contributed by atoms with E-state index in [0.29, 0.717) is 11.3 Å². The maximum atomic E-state index is 12.2. The van der Waals surface area contributed by atoms with Crippen LogP contribution in [-0.4, -0.2) is 27.0 Å². The highest BCUT2D eigenvalue weighted by Gasteiger charge is 2.48. The van der Waals surface area contributed by atoms with Crippen molar-refractivity contribution in [1.29, 1.82) is 0 Å². The van der Waals surface area contributed by atoms with E-state index in [0.717, 1.165) is 12.1 Å². The fourth-order valence-corrected chi connectivity index (χ4v) is 2.11. The highest BCUT2D eigenvalue weighted by Crippen LogP contribution is 2.29. The van der Waals surface area contributed by atoms with Gasteiger partial charge in [-0.25, -0.2) is 4.79 Å². The summed E-state index contributed by atoms with van der Waals surface area (Å²) in [6.45, 7) is 0. The SMILES string of the molecule is COC(=O)c1ccc(Oc2ccc(OS(=O)(=O)C(F)(F)F)cc2)cc1. The largest absolute Gasteiger partial charge is 0.534 e. The molecule has 0 aromatic heterocycles. The predicted molar refractivity (Wildman–Crippen MR) is 79.9 cm³/mol. The third-order valence-corrected chi connectivity index (χ3v) is 3.80. The summed E-state index contributed by atoms with van der Waals surface area (Å²) in [4.78, 5) is 11.3. The molecule has 0 heterocycles. The first-order valence-electron chi connectivity index (χ1n) is 6.59. The van der Waals surface area contributed by atoms with Crippen LogP contribution in [0.15, 0.2) is 48.5 Å². The fourth-order valence-electron chi connectivity index (χ4n) is 1.65. The summed E-state index contributed by atoms with van der Waals surface area (Å²) < 4.78 is 72.4. The van der Waals surface area contributed by atoms with Crippen molar-refractivity contribution in [3.8, 4) is 17.2 Å². The van der Waals surface area contributed by atoms with Crippen molar-refractivity contribution in [2.45, 2.75) is 5.51 Å². The van der Waals surface area contributed by atoms with E-state index in [4.69, 9.17) is 4.74 Å². The Bertz CT molecular complexity index is 842. The lowest BCUT2D eigenvalue weighted by Crippen LogP contribution is -2.27. The number of benzene rings is 2. The Morgan fingerprint density at radius 3 is 1.76 bits per heavy atom. The first-order chi connectivity index (χ1) is 11.6. The molecule has 2 aromatic carbocycles. The van der Waals surface area contributed by atoms with Crippen LogP contribution in [0.25, 0.3) is 0 Å². The summed E-state index contributed by atoms with van der Waals surface area (Å²) in [6.07, 6.45) is 0. The summed E-state index contributed by atoms with van der Waals surface area (Å²) >= 11 is 0. The molecule has 0 N–H and O–H groups in total. The third kappa shape index (κ3) is 4.63. The van der Waals surface area contributed by atoms with Crippen LogP contribution in [0.2, 0.25) is 0 Å². The zero-order chi connectivity index (χ0) is 18.7. The number of methoxy groups -OCH3 is 1. The van der Waals surface area contributed by atoms with E-state index in [9.17, 15) is 26.4 Å². The minimum absolute atomic E-state index is 0.225. The van der Waals surface area contributed by atoms with Crippen LogP contribution < -0.4 is 8.92 Å². The van der Waals surface area contributed by atoms with Crippen LogP contribution in [0.3, 0.4) is 0 Å². The van der Waals surface area contributed by atoms with Gasteiger partial charge >= 0.3 is 21.6 Å². The van der Waals surface area contributed by atoms with Crippen LogP contribution >= 0.6 is 0 Å². The van der Waals surface area contributed by atoms with Gasteiger partial charge in [0.15, 0.2) is 0 Å². The molecule has 2 aromatic rings. The number of rotatable bonds is 5. The summed E-state index contributed by atoms with van der Waals surface area (Å²) in [5, 5.41) is 0. The molecule has 0 atom stereocenters. The zero-order valence-corrected chi connectivity index (χ0v) is 13.4. The van der Waals surface area contributed by atoms with E-state index in [1.54, 1.807) is 0 Å². The molecule has 25 heavy (non-hydrogen) atoms. The van der Waals surface area contributed by atoms with Gasteiger partial charge in [0.1, 0.15) is 17.2 Å². The van der Waals surface area contributed by atoms with Crippen LogP contribution in [0.5, 0.6) is 17.2 Å². The molecular weight excluding hydrogens is 365 g/mol. The molecule has 134 valence electrons. The van der Waals surface area contributed by atoms with E-state index >= 15 is 0 Å². The first-order valence-corrected chi connectivity index (χ1v) is 8.00. The molecule has 2 rings (SSSR count). The highest BCUT2D eigenvalue weighted by molar-refractivity contribution is 7.88. The van der Waals surface area contributed by atoms with E-state index in [2.05, 4.69) is 8.92 Å². The second-order valence-corrected chi connectivity index (χ2v) is 6.11. The van der Waals surface area contributed by atoms with Gasteiger partial charge in [-0.2, -0.15) is 21.6 Å². The molecule has 0 aliphatic heterocycles. The third-order valence-electron chi connectivity index (χ3n) is 2.82. The quantitative estimate of drug-likeness (QED) is 0.452. The maximum Gasteiger partial charge on any atom is 0.534 e. The Hall–Kier alpha value is -2.75. The standard InChI is InChI=1S/C15H11F3O6S/c1-22-14(19)10-2-4-11(5-3-10)23-12-6-8-13(9-7-12)24-25(20,21)15(16,17)18/h2-9H,1H3. The summed E-state index contributed by atoms with van der Waals surface area (Å²) in [7, 11) is -4.48. The van der Waals surface area contributed by atoms with E-state index in [1.165, 1.54) is 43.5 Å². The van der Waals surface area contributed by atoms with Gasteiger partial charge in [-0.3, -0.25) is 0 Å². The predicted octanol–water partition coefficient (Wildman–Crippen LogP) is 3.49. The topological polar surface area (TPSA) is 78.9 Å². The normalized spacial score (nSPS) is 11.7. The second kappa shape index (κ2) is 7.01. The van der Waals surface area contributed by atoms with Crippen LogP contribution in [0.4, 0.5) is 13.2 Å². The number of halogens is 3. The van der Waals surface area contributed by atoms with Gasteiger partial charge < -0.3 is 13.7 Å². The van der Waals surface area contributed by atoms with Crippen LogP contribution in [0.1, 0.15) is 10.4 Å². The molecule has 0 saturated carbocycles. The number of ether oxygens (including phenoxy) is 2. The number of hydrogen-bond donors (Lipinski definition) is 0. The monoisotopic (exact) mass is 376 g/mol. The summed E-state index contributed by atoms with van der Waals surface area (Å²) in [5.41, 5.74) is -5.19. The molecule has 0 bridgehead atoms. The van der Waals surface area contributed by atoms with Gasteiger partial charge in [0.25, 0.3) is 0 Å². The first kappa shape index (κ1) is 18.6. The van der Waals surface area contributed by atoms with Crippen molar-refractivity contribution in [3.05, 3.63) is 54.1 Å². The molecule has 0 amide bonds. The average Bonchev–Trinajstić information content (AvgIpc) is 2.55. The van der Waals surface area contributed by atoms with Crippen molar-refractivity contribution in [2.75, 3.05) is 7.11 Å². The van der Waals surface area contributed by atoms with Crippen molar-refractivity contribution < 1.29 is 40.0 Å². The Labute approximate surface area is 140 Å². The Balaban J connectivity index is 2.07. The minimum Gasteiger partial charge on any atom is -0.465 e. The molecule has 6 nitrogen and oxygen atoms in total. The van der Waals surface area contributed by atoms with E-state index in [1.807, 2.05) is 0 Å². The molecule has 0 saturated heterocycles. The molecule has 0 aliphatic rings. The molecule has 0 fully saturated rings. The number of carbonyl (C=O) groups is 1. The van der Waals surface area contributed by atoms with Gasteiger partial charge in [0.05, 0.1) is 12.7 Å². The Kier molecular flexibility index (Phi) is 5.21. The lowest BCUT2D eigenvalue weighted by atomic mass is 10.2. The Morgan fingerprint density at radius 2 is 1.32 bits per heavy atom. The van der Waals surface area contributed by atoms with Crippen molar-refractivity contribution >= 4 is 16.1 Å². The van der Waals surface area contributed by atoms with E-state index in [-0.39, 0.29) is 5.75 Å². The van der Waals surface area contributed by atoms with Gasteiger partial charge in [0.2, 0.25) is 0 Å². The molecule has 0 unspecified atom stereocenters. The molecule has 10 heteroatoms. The molecular formula is C15H11F3O6S. The molecule has 0 radical (unpaired) electrons. The lowest BCUT2D eigenvalue weighted by Gasteiger charge is -2.10. The number of esters is 1. The Morgan fingerprint density at radius 1 is 0.880 bits per heavy atom. The number of carbonyl (C=O) groups excluding carboxylic acids is 1. The van der Waals surface area contributed by atoms with Crippen molar-refractivity contribution in [1.82, 2.24) is 0 Å². The maximum absolute atomic E-state index is 12.2. The highest BCUT2D eigenvalue weighted by atomic mass is 32.2. The summed E-state index contributed by atoms with van der Waals surface area (Å²) in [6, 6.07) is 10.4. The fraction of sp³-hybridized carbons (Fsp3) is 0.133. The van der Waals surface area contributed by atoms with Crippen LogP contribution in [0, 0.1) is 0 Å². The van der Waals surface area contributed by atoms with Gasteiger partial charge in [0, 0.05) is 0 Å². The second-order valence-electron chi connectivity index (χ2n) is 4.57. The molecule has 0 spiro atoms. The van der Waals surface area contributed by atoms with Gasteiger partial charge in [-0.1, -0.05) is 0 Å². The van der Waals surface area contributed by atoms with E-state index < -0.39 is 27.3 Å². The zero-order valence-electron chi connectivity index (χ0n) is 12.6. The smallest absolute Gasteiger partial charge is 0.465 e. The van der Waals surface area contributed by atoms with Crippen molar-refractivity contribution in [3.63, 3.8) is 0 Å². The average molecular weight is 376 g/mol. The van der Waals surface area contributed by atoms with Crippen molar-refractivity contribution in [2.24, 2.45) is 0 Å². The van der Waals surface area contributed by atoms with Crippen LogP contribution in [-0.2, 0) is 14.9 Å². The summed E-state index contributed by atoms with van der Waals surface area (Å²) in [5.74, 6) is -0.448. The lowest BCUT2D eigenvalue weighted by molar-refractivity contribution is -0.0500. The minimum atomic E-state index is -5.72. The number of hydrogen-bond acceptors (Lipinski definition) is 6.